The summed E-state index contributed by atoms with van der Waals surface area (Å²) in [5.41, 5.74) is 2.53. The van der Waals surface area contributed by atoms with E-state index in [2.05, 4.69) is 20.1 Å². The van der Waals surface area contributed by atoms with E-state index < -0.39 is 0 Å². The fourth-order valence-electron chi connectivity index (χ4n) is 3.53. The highest BCUT2D eigenvalue weighted by Crippen LogP contribution is 2.21. The Hall–Kier alpha value is -3.41. The molecule has 0 atom stereocenters. The number of pyridine rings is 1. The highest BCUT2D eigenvalue weighted by atomic mass is 19.1. The van der Waals surface area contributed by atoms with Crippen LogP contribution in [0.5, 0.6) is 0 Å². The number of carbonyl (C=O) groups is 1. The summed E-state index contributed by atoms with van der Waals surface area (Å²) in [5, 5.41) is 2.87. The number of aromatic nitrogens is 1. The van der Waals surface area contributed by atoms with Crippen molar-refractivity contribution in [3.63, 3.8) is 0 Å². The van der Waals surface area contributed by atoms with Crippen molar-refractivity contribution < 1.29 is 9.18 Å². The van der Waals surface area contributed by atoms with Gasteiger partial charge in [0.25, 0.3) is 0 Å². The number of amides is 1. The third kappa shape index (κ3) is 4.90. The van der Waals surface area contributed by atoms with Gasteiger partial charge in [-0.1, -0.05) is 18.2 Å². The zero-order valence-electron chi connectivity index (χ0n) is 16.1. The summed E-state index contributed by atoms with van der Waals surface area (Å²) in [7, 11) is 0. The molecule has 3 aromatic rings. The number of nitrogens with zero attached hydrogens (tertiary/aromatic N) is 3. The van der Waals surface area contributed by atoms with E-state index in [0.717, 1.165) is 43.4 Å². The van der Waals surface area contributed by atoms with Crippen molar-refractivity contribution >= 4 is 23.1 Å². The SMILES string of the molecule is O=C(Cc1cccc(F)c1)Nc1ccc(N2CCN(c3ccccn3)CC2)cc1. The molecule has 0 bridgehead atoms. The van der Waals surface area contributed by atoms with Crippen LogP contribution in [-0.2, 0) is 11.2 Å². The van der Waals surface area contributed by atoms with Gasteiger partial charge in [0.1, 0.15) is 11.6 Å². The Balaban J connectivity index is 1.31. The number of benzene rings is 2. The third-order valence-electron chi connectivity index (χ3n) is 5.02. The Labute approximate surface area is 169 Å². The molecule has 1 aliphatic rings. The first-order chi connectivity index (χ1) is 14.2. The van der Waals surface area contributed by atoms with Crippen LogP contribution in [0.1, 0.15) is 5.56 Å². The van der Waals surface area contributed by atoms with Gasteiger partial charge in [0.05, 0.1) is 6.42 Å². The van der Waals surface area contributed by atoms with Crippen LogP contribution in [0.25, 0.3) is 0 Å². The second-order valence-corrected chi connectivity index (χ2v) is 7.06. The van der Waals surface area contributed by atoms with Crippen LogP contribution < -0.4 is 15.1 Å². The molecule has 0 saturated carbocycles. The molecule has 1 N–H and O–H groups in total. The first-order valence-corrected chi connectivity index (χ1v) is 9.73. The predicted molar refractivity (Wildman–Crippen MR) is 114 cm³/mol. The molecule has 0 radical (unpaired) electrons. The van der Waals surface area contributed by atoms with Gasteiger partial charge >= 0.3 is 0 Å². The summed E-state index contributed by atoms with van der Waals surface area (Å²) in [6, 6.07) is 19.9. The molecule has 1 aliphatic heterocycles. The van der Waals surface area contributed by atoms with Gasteiger partial charge in [0.15, 0.2) is 0 Å². The Morgan fingerprint density at radius 1 is 0.931 bits per heavy atom. The summed E-state index contributed by atoms with van der Waals surface area (Å²) >= 11 is 0. The fourth-order valence-corrected chi connectivity index (χ4v) is 3.53. The maximum atomic E-state index is 13.2. The van der Waals surface area contributed by atoms with Gasteiger partial charge in [0, 0.05) is 43.8 Å². The maximum absolute atomic E-state index is 13.2. The summed E-state index contributed by atoms with van der Waals surface area (Å²) in [4.78, 5) is 21.2. The largest absolute Gasteiger partial charge is 0.368 e. The molecule has 0 spiro atoms. The number of hydrogen-bond acceptors (Lipinski definition) is 4. The Kier molecular flexibility index (Phi) is 5.70. The molecule has 6 heteroatoms. The Morgan fingerprint density at radius 2 is 1.69 bits per heavy atom. The molecular formula is C23H23FN4O. The molecule has 29 heavy (non-hydrogen) atoms. The lowest BCUT2D eigenvalue weighted by atomic mass is 10.1. The summed E-state index contributed by atoms with van der Waals surface area (Å²) in [6.07, 6.45) is 1.97. The van der Waals surface area contributed by atoms with Crippen LogP contribution in [0.4, 0.5) is 21.6 Å². The Morgan fingerprint density at radius 3 is 2.38 bits per heavy atom. The van der Waals surface area contributed by atoms with E-state index in [9.17, 15) is 9.18 Å². The van der Waals surface area contributed by atoms with Gasteiger partial charge in [0.2, 0.25) is 5.91 Å². The van der Waals surface area contributed by atoms with Crippen molar-refractivity contribution in [3.05, 3.63) is 84.3 Å². The molecule has 0 aliphatic carbocycles. The average Bonchev–Trinajstić information content (AvgIpc) is 2.75. The van der Waals surface area contributed by atoms with Crippen LogP contribution in [0.2, 0.25) is 0 Å². The fraction of sp³-hybridized carbons (Fsp3) is 0.217. The number of rotatable bonds is 5. The lowest BCUT2D eigenvalue weighted by Gasteiger charge is -2.36. The molecule has 0 unspecified atom stereocenters. The summed E-state index contributed by atoms with van der Waals surface area (Å²) in [6.45, 7) is 3.68. The summed E-state index contributed by atoms with van der Waals surface area (Å²) < 4.78 is 13.2. The van der Waals surface area contributed by atoms with Crippen LogP contribution in [0.3, 0.4) is 0 Å². The monoisotopic (exact) mass is 390 g/mol. The highest BCUT2D eigenvalue weighted by molar-refractivity contribution is 5.92. The molecule has 1 amide bonds. The first-order valence-electron chi connectivity index (χ1n) is 9.73. The van der Waals surface area contributed by atoms with Gasteiger partial charge in [-0.3, -0.25) is 4.79 Å². The van der Waals surface area contributed by atoms with E-state index in [1.807, 2.05) is 48.7 Å². The lowest BCUT2D eigenvalue weighted by molar-refractivity contribution is -0.115. The van der Waals surface area contributed by atoms with Crippen molar-refractivity contribution in [1.29, 1.82) is 0 Å². The standard InChI is InChI=1S/C23H23FN4O/c24-19-5-3-4-18(16-19)17-23(29)26-20-7-9-21(10-8-20)27-12-14-28(15-13-27)22-6-1-2-11-25-22/h1-11,16H,12-15,17H2,(H,26,29). The molecule has 1 aromatic heterocycles. The van der Waals surface area contributed by atoms with Crippen molar-refractivity contribution in [2.24, 2.45) is 0 Å². The van der Waals surface area contributed by atoms with Crippen molar-refractivity contribution in [1.82, 2.24) is 4.98 Å². The van der Waals surface area contributed by atoms with Crippen LogP contribution in [0, 0.1) is 5.82 Å². The molecular weight excluding hydrogens is 367 g/mol. The van der Waals surface area contributed by atoms with E-state index in [-0.39, 0.29) is 18.1 Å². The minimum Gasteiger partial charge on any atom is -0.368 e. The molecule has 1 saturated heterocycles. The van der Waals surface area contributed by atoms with E-state index in [1.54, 1.807) is 12.1 Å². The maximum Gasteiger partial charge on any atom is 0.228 e. The van der Waals surface area contributed by atoms with Gasteiger partial charge < -0.3 is 15.1 Å². The number of anilines is 3. The quantitative estimate of drug-likeness (QED) is 0.721. The highest BCUT2D eigenvalue weighted by Gasteiger charge is 2.18. The molecule has 2 heterocycles. The van der Waals surface area contributed by atoms with Crippen molar-refractivity contribution in [2.45, 2.75) is 6.42 Å². The van der Waals surface area contributed by atoms with Gasteiger partial charge in [-0.15, -0.1) is 0 Å². The zero-order chi connectivity index (χ0) is 20.1. The zero-order valence-corrected chi connectivity index (χ0v) is 16.1. The predicted octanol–water partition coefficient (Wildman–Crippen LogP) is 3.73. The second kappa shape index (κ2) is 8.73. The summed E-state index contributed by atoms with van der Waals surface area (Å²) in [5.74, 6) is 0.527. The van der Waals surface area contributed by atoms with Gasteiger partial charge in [-0.25, -0.2) is 9.37 Å². The number of halogens is 1. The van der Waals surface area contributed by atoms with Crippen molar-refractivity contribution in [3.8, 4) is 0 Å². The van der Waals surface area contributed by atoms with Crippen LogP contribution in [-0.4, -0.2) is 37.1 Å². The lowest BCUT2D eigenvalue weighted by Crippen LogP contribution is -2.46. The van der Waals surface area contributed by atoms with E-state index in [0.29, 0.717) is 5.56 Å². The normalized spacial score (nSPS) is 14.0. The molecule has 4 rings (SSSR count). The average molecular weight is 390 g/mol. The van der Waals surface area contributed by atoms with E-state index >= 15 is 0 Å². The number of nitrogens with one attached hydrogen (secondary N) is 1. The smallest absolute Gasteiger partial charge is 0.228 e. The molecule has 5 nitrogen and oxygen atoms in total. The van der Waals surface area contributed by atoms with Crippen molar-refractivity contribution in [2.75, 3.05) is 41.3 Å². The minimum atomic E-state index is -0.331. The van der Waals surface area contributed by atoms with Crippen LogP contribution in [0.15, 0.2) is 72.9 Å². The molecule has 2 aromatic carbocycles. The molecule has 148 valence electrons. The van der Waals surface area contributed by atoms with Gasteiger partial charge in [-0.2, -0.15) is 0 Å². The van der Waals surface area contributed by atoms with Crippen LogP contribution >= 0.6 is 0 Å². The first kappa shape index (κ1) is 18.9. The van der Waals surface area contributed by atoms with Gasteiger partial charge in [-0.05, 0) is 54.1 Å². The number of carbonyl (C=O) groups excluding carboxylic acids is 1. The second-order valence-electron chi connectivity index (χ2n) is 7.06. The number of hydrogen-bond donors (Lipinski definition) is 1. The number of piperazine rings is 1. The van der Waals surface area contributed by atoms with E-state index in [4.69, 9.17) is 0 Å². The Bertz CT molecular complexity index is 954. The third-order valence-corrected chi connectivity index (χ3v) is 5.02. The van der Waals surface area contributed by atoms with E-state index in [1.165, 1.54) is 12.1 Å². The minimum absolute atomic E-state index is 0.148. The molecule has 1 fully saturated rings. The topological polar surface area (TPSA) is 48.5 Å².